The van der Waals surface area contributed by atoms with Gasteiger partial charge in [-0.05, 0) is 61.7 Å². The second-order valence-corrected chi connectivity index (χ2v) is 7.01. The molecule has 4 aliphatic carbocycles. The highest BCUT2D eigenvalue weighted by Crippen LogP contribution is 2.59. The lowest BCUT2D eigenvalue weighted by Crippen LogP contribution is -2.51. The summed E-state index contributed by atoms with van der Waals surface area (Å²) < 4.78 is 0. The maximum atomic E-state index is 11.5. The number of rotatable bonds is 4. The number of nitrogens with one attached hydrogen (secondary N) is 1. The van der Waals surface area contributed by atoms with E-state index in [1.165, 1.54) is 38.5 Å². The number of alkyl halides is 1. The first-order chi connectivity index (χ1) is 8.19. The average molecular weight is 256 g/mol. The first kappa shape index (κ1) is 11.8. The molecule has 0 aromatic carbocycles. The lowest BCUT2D eigenvalue weighted by Gasteiger charge is -2.56. The van der Waals surface area contributed by atoms with Crippen LogP contribution in [0.5, 0.6) is 0 Å². The summed E-state index contributed by atoms with van der Waals surface area (Å²) in [4.78, 5) is 11.5. The standard InChI is InChI=1S/C14H22ClNO/c15-2-1-13(17)16-9-14-6-10-3-11(7-14)5-12(4-10)8-14/h10-12H,1-9H2,(H,16,17). The molecule has 0 aromatic heterocycles. The minimum absolute atomic E-state index is 0.135. The molecule has 0 aliphatic heterocycles. The Morgan fingerprint density at radius 2 is 1.65 bits per heavy atom. The third-order valence-corrected chi connectivity index (χ3v) is 5.34. The predicted octanol–water partition coefficient (Wildman–Crippen LogP) is 2.95. The summed E-state index contributed by atoms with van der Waals surface area (Å²) in [5, 5.41) is 3.12. The van der Waals surface area contributed by atoms with Crippen LogP contribution in [0.15, 0.2) is 0 Å². The highest BCUT2D eigenvalue weighted by atomic mass is 35.5. The number of carbonyl (C=O) groups is 1. The normalized spacial score (nSPS) is 42.8. The van der Waals surface area contributed by atoms with E-state index in [0.29, 0.717) is 17.7 Å². The van der Waals surface area contributed by atoms with Crippen LogP contribution in [-0.2, 0) is 4.79 Å². The Kier molecular flexibility index (Phi) is 3.10. The molecule has 0 atom stereocenters. The molecule has 1 amide bonds. The molecule has 0 unspecified atom stereocenters. The summed E-state index contributed by atoms with van der Waals surface area (Å²) in [7, 11) is 0. The third-order valence-electron chi connectivity index (χ3n) is 5.15. The predicted molar refractivity (Wildman–Crippen MR) is 69.0 cm³/mol. The summed E-state index contributed by atoms with van der Waals surface area (Å²) in [6.07, 6.45) is 8.95. The van der Waals surface area contributed by atoms with E-state index in [0.717, 1.165) is 24.3 Å². The van der Waals surface area contributed by atoms with Crippen molar-refractivity contribution in [3.63, 3.8) is 0 Å². The van der Waals surface area contributed by atoms with E-state index in [-0.39, 0.29) is 5.91 Å². The summed E-state index contributed by atoms with van der Waals surface area (Å²) in [5.74, 6) is 3.46. The smallest absolute Gasteiger partial charge is 0.221 e. The van der Waals surface area contributed by atoms with E-state index >= 15 is 0 Å². The molecule has 17 heavy (non-hydrogen) atoms. The van der Waals surface area contributed by atoms with Crippen molar-refractivity contribution in [1.29, 1.82) is 0 Å². The molecule has 4 bridgehead atoms. The Balaban J connectivity index is 1.60. The van der Waals surface area contributed by atoms with Crippen LogP contribution in [-0.4, -0.2) is 18.3 Å². The average Bonchev–Trinajstić information content (AvgIpc) is 2.25. The molecule has 96 valence electrons. The van der Waals surface area contributed by atoms with Crippen molar-refractivity contribution in [2.24, 2.45) is 23.2 Å². The van der Waals surface area contributed by atoms with Gasteiger partial charge in [-0.2, -0.15) is 0 Å². The van der Waals surface area contributed by atoms with Gasteiger partial charge in [0, 0.05) is 18.8 Å². The Morgan fingerprint density at radius 3 is 2.12 bits per heavy atom. The SMILES string of the molecule is O=C(CCCl)NCC12CC3CC(CC(C3)C1)C2. The molecule has 0 spiro atoms. The van der Waals surface area contributed by atoms with Crippen LogP contribution in [0.1, 0.15) is 44.9 Å². The number of amides is 1. The van der Waals surface area contributed by atoms with Crippen molar-refractivity contribution in [3.8, 4) is 0 Å². The van der Waals surface area contributed by atoms with E-state index in [4.69, 9.17) is 11.6 Å². The molecule has 0 saturated heterocycles. The van der Waals surface area contributed by atoms with Crippen molar-refractivity contribution >= 4 is 17.5 Å². The Hall–Kier alpha value is -0.240. The van der Waals surface area contributed by atoms with Crippen LogP contribution in [0.2, 0.25) is 0 Å². The van der Waals surface area contributed by atoms with Gasteiger partial charge in [0.1, 0.15) is 0 Å². The van der Waals surface area contributed by atoms with Crippen LogP contribution < -0.4 is 5.32 Å². The van der Waals surface area contributed by atoms with Gasteiger partial charge in [0.15, 0.2) is 0 Å². The third kappa shape index (κ3) is 2.33. The van der Waals surface area contributed by atoms with Gasteiger partial charge < -0.3 is 5.32 Å². The van der Waals surface area contributed by atoms with Crippen LogP contribution in [0.4, 0.5) is 0 Å². The van der Waals surface area contributed by atoms with Crippen LogP contribution in [0.25, 0.3) is 0 Å². The quantitative estimate of drug-likeness (QED) is 0.769. The largest absolute Gasteiger partial charge is 0.356 e. The van der Waals surface area contributed by atoms with E-state index < -0.39 is 0 Å². The number of halogens is 1. The molecule has 4 saturated carbocycles. The topological polar surface area (TPSA) is 29.1 Å². The van der Waals surface area contributed by atoms with E-state index in [2.05, 4.69) is 5.32 Å². The van der Waals surface area contributed by atoms with Gasteiger partial charge in [-0.3, -0.25) is 4.79 Å². The van der Waals surface area contributed by atoms with Gasteiger partial charge in [0.2, 0.25) is 5.91 Å². The molecule has 0 radical (unpaired) electrons. The fraction of sp³-hybridized carbons (Fsp3) is 0.929. The zero-order chi connectivity index (χ0) is 11.9. The summed E-state index contributed by atoms with van der Waals surface area (Å²) in [5.41, 5.74) is 0.455. The van der Waals surface area contributed by atoms with Crippen molar-refractivity contribution in [1.82, 2.24) is 5.32 Å². The minimum atomic E-state index is 0.135. The number of carbonyl (C=O) groups excluding carboxylic acids is 1. The van der Waals surface area contributed by atoms with Crippen molar-refractivity contribution in [2.45, 2.75) is 44.9 Å². The zero-order valence-electron chi connectivity index (χ0n) is 10.4. The van der Waals surface area contributed by atoms with Crippen LogP contribution in [0, 0.1) is 23.2 Å². The number of hydrogen-bond donors (Lipinski definition) is 1. The molecular weight excluding hydrogens is 234 g/mol. The molecule has 0 aromatic rings. The molecule has 3 heteroatoms. The maximum absolute atomic E-state index is 11.5. The first-order valence-corrected chi connectivity index (χ1v) is 7.55. The lowest BCUT2D eigenvalue weighted by molar-refractivity contribution is -0.122. The molecule has 0 heterocycles. The second kappa shape index (κ2) is 4.46. The van der Waals surface area contributed by atoms with Gasteiger partial charge >= 0.3 is 0 Å². The van der Waals surface area contributed by atoms with E-state index in [1.54, 1.807) is 0 Å². The van der Waals surface area contributed by atoms with Gasteiger partial charge in [-0.15, -0.1) is 11.6 Å². The van der Waals surface area contributed by atoms with Gasteiger partial charge in [-0.25, -0.2) is 0 Å². The summed E-state index contributed by atoms with van der Waals surface area (Å²) >= 11 is 5.59. The van der Waals surface area contributed by atoms with Gasteiger partial charge in [-0.1, -0.05) is 0 Å². The second-order valence-electron chi connectivity index (χ2n) is 6.63. The highest BCUT2D eigenvalue weighted by Gasteiger charge is 2.50. The Labute approximate surface area is 108 Å². The number of hydrogen-bond acceptors (Lipinski definition) is 1. The van der Waals surface area contributed by atoms with Crippen molar-refractivity contribution < 1.29 is 4.79 Å². The van der Waals surface area contributed by atoms with Gasteiger partial charge in [0.05, 0.1) is 0 Å². The highest BCUT2D eigenvalue weighted by molar-refractivity contribution is 6.18. The van der Waals surface area contributed by atoms with Crippen LogP contribution in [0.3, 0.4) is 0 Å². The Morgan fingerprint density at radius 1 is 1.12 bits per heavy atom. The van der Waals surface area contributed by atoms with E-state index in [1.807, 2.05) is 0 Å². The van der Waals surface area contributed by atoms with Gasteiger partial charge in [0.25, 0.3) is 0 Å². The summed E-state index contributed by atoms with van der Waals surface area (Å²) in [6, 6.07) is 0. The minimum Gasteiger partial charge on any atom is -0.356 e. The van der Waals surface area contributed by atoms with E-state index in [9.17, 15) is 4.79 Å². The first-order valence-electron chi connectivity index (χ1n) is 7.02. The fourth-order valence-corrected chi connectivity index (χ4v) is 5.14. The van der Waals surface area contributed by atoms with Crippen molar-refractivity contribution in [2.75, 3.05) is 12.4 Å². The monoisotopic (exact) mass is 255 g/mol. The molecule has 1 N–H and O–H groups in total. The zero-order valence-corrected chi connectivity index (χ0v) is 11.1. The Bertz CT molecular complexity index is 280. The molecule has 4 aliphatic rings. The maximum Gasteiger partial charge on any atom is 0.221 e. The molecular formula is C14H22ClNO. The fourth-order valence-electron chi connectivity index (χ4n) is 4.97. The van der Waals surface area contributed by atoms with Crippen LogP contribution >= 0.6 is 11.6 Å². The van der Waals surface area contributed by atoms with Crippen molar-refractivity contribution in [3.05, 3.63) is 0 Å². The molecule has 4 rings (SSSR count). The lowest BCUT2D eigenvalue weighted by atomic mass is 9.49. The molecule has 2 nitrogen and oxygen atoms in total. The summed E-state index contributed by atoms with van der Waals surface area (Å²) in [6.45, 7) is 0.909. The molecule has 4 fully saturated rings.